The zero-order valence-electron chi connectivity index (χ0n) is 18.8. The molecule has 2 aliphatic rings. The number of rotatable bonds is 9. The maximum Gasteiger partial charge on any atom is 0.249 e. The normalized spacial score (nSPS) is 20.3. The number of unbranched alkanes of at least 4 members (excludes halogenated alkanes) is 3. The van der Waals surface area contributed by atoms with Crippen molar-refractivity contribution in [3.05, 3.63) is 29.8 Å². The van der Waals surface area contributed by atoms with E-state index >= 15 is 0 Å². The highest BCUT2D eigenvalue weighted by Gasteiger charge is 2.26. The number of likely N-dealkylation sites (tertiary alicyclic amines) is 1. The van der Waals surface area contributed by atoms with Crippen LogP contribution in [0.3, 0.4) is 0 Å². The smallest absolute Gasteiger partial charge is 0.249 e. The molecule has 0 saturated carbocycles. The summed E-state index contributed by atoms with van der Waals surface area (Å²) in [5.74, 6) is 0.217. The van der Waals surface area contributed by atoms with Gasteiger partial charge in [0.15, 0.2) is 0 Å². The van der Waals surface area contributed by atoms with Gasteiger partial charge in [-0.1, -0.05) is 38.8 Å². The maximum atomic E-state index is 11.9. The minimum atomic E-state index is -0.323. The summed E-state index contributed by atoms with van der Waals surface area (Å²) in [4.78, 5) is 25.7. The van der Waals surface area contributed by atoms with E-state index in [2.05, 4.69) is 39.8 Å². The summed E-state index contributed by atoms with van der Waals surface area (Å²) in [6, 6.07) is 8.16. The van der Waals surface area contributed by atoms with E-state index in [9.17, 15) is 9.59 Å². The summed E-state index contributed by atoms with van der Waals surface area (Å²) in [5.41, 5.74) is 7.87. The van der Waals surface area contributed by atoms with Crippen molar-refractivity contribution in [2.24, 2.45) is 5.73 Å². The number of piperidine rings is 2. The quantitative estimate of drug-likeness (QED) is 0.423. The number of hydrogen-bond donors (Lipinski definition) is 3. The van der Waals surface area contributed by atoms with Crippen molar-refractivity contribution in [2.45, 2.75) is 77.2 Å². The van der Waals surface area contributed by atoms with E-state index in [0.29, 0.717) is 18.8 Å². The van der Waals surface area contributed by atoms with Gasteiger partial charge in [0.2, 0.25) is 11.8 Å². The number of nitrogens with zero attached hydrogens (tertiary/aromatic N) is 1. The summed E-state index contributed by atoms with van der Waals surface area (Å²) in [7, 11) is 0. The van der Waals surface area contributed by atoms with Gasteiger partial charge in [0.05, 0.1) is 0 Å². The van der Waals surface area contributed by atoms with E-state index in [0.717, 1.165) is 18.7 Å². The van der Waals surface area contributed by atoms with Crippen LogP contribution in [0.4, 0.5) is 5.69 Å². The van der Waals surface area contributed by atoms with Crippen LogP contribution in [-0.2, 0) is 9.59 Å². The summed E-state index contributed by atoms with van der Waals surface area (Å²) in [6.45, 7) is 8.38. The zero-order valence-corrected chi connectivity index (χ0v) is 18.8. The monoisotopic (exact) mass is 416 g/mol. The van der Waals surface area contributed by atoms with Gasteiger partial charge in [-0.05, 0) is 81.9 Å². The summed E-state index contributed by atoms with van der Waals surface area (Å²) in [5, 5.41) is 5.64. The Morgan fingerprint density at radius 2 is 1.67 bits per heavy atom. The van der Waals surface area contributed by atoms with E-state index in [-0.39, 0.29) is 17.9 Å². The Morgan fingerprint density at radius 3 is 2.30 bits per heavy atom. The Morgan fingerprint density at radius 1 is 1.00 bits per heavy atom. The third-order valence-corrected chi connectivity index (χ3v) is 5.98. The highest BCUT2D eigenvalue weighted by atomic mass is 16.2. The Labute approximate surface area is 182 Å². The number of imide groups is 1. The number of carbonyl (C=O) groups is 2. The molecule has 1 unspecified atom stereocenters. The van der Waals surface area contributed by atoms with Crippen LogP contribution < -0.4 is 16.4 Å². The molecule has 1 aromatic carbocycles. The van der Waals surface area contributed by atoms with Crippen LogP contribution in [0.1, 0.15) is 76.7 Å². The topological polar surface area (TPSA) is 87.5 Å². The fraction of sp³-hybridized carbons (Fsp3) is 0.667. The van der Waals surface area contributed by atoms with Crippen molar-refractivity contribution in [3.8, 4) is 0 Å². The van der Waals surface area contributed by atoms with Gasteiger partial charge >= 0.3 is 0 Å². The number of hydrogen-bond acceptors (Lipinski definition) is 5. The third kappa shape index (κ3) is 7.73. The standard InChI is InChI=1S/C22H34N4O2.C2H6/c23-13-3-1-2-4-14-26-15-11-18(12-16-26)17-5-7-19(8-6-17)24-20-9-10-21(27)25-22(20)28;1-2/h5-8,18,20,24H,1-4,9-16,23H2,(H,25,27,28);1-2H3. The molecule has 30 heavy (non-hydrogen) atoms. The molecule has 2 heterocycles. The lowest BCUT2D eigenvalue weighted by atomic mass is 9.89. The number of nitrogens with one attached hydrogen (secondary N) is 2. The zero-order chi connectivity index (χ0) is 21.8. The first-order chi connectivity index (χ1) is 14.7. The highest BCUT2D eigenvalue weighted by molar-refractivity contribution is 6.01. The van der Waals surface area contributed by atoms with Crippen LogP contribution in [0.2, 0.25) is 0 Å². The Balaban J connectivity index is 0.00000155. The number of carbonyl (C=O) groups excluding carboxylic acids is 2. The lowest BCUT2D eigenvalue weighted by molar-refractivity contribution is -0.133. The highest BCUT2D eigenvalue weighted by Crippen LogP contribution is 2.29. The number of anilines is 1. The molecule has 0 spiro atoms. The summed E-state index contributed by atoms with van der Waals surface area (Å²) in [6.07, 6.45) is 8.35. The van der Waals surface area contributed by atoms with Crippen molar-refractivity contribution >= 4 is 17.5 Å². The first kappa shape index (κ1) is 24.4. The summed E-state index contributed by atoms with van der Waals surface area (Å²) < 4.78 is 0. The van der Waals surface area contributed by atoms with Gasteiger partial charge < -0.3 is 16.0 Å². The molecule has 2 aliphatic heterocycles. The molecule has 0 radical (unpaired) electrons. The number of benzene rings is 1. The van der Waals surface area contributed by atoms with Crippen molar-refractivity contribution < 1.29 is 9.59 Å². The number of amides is 2. The van der Waals surface area contributed by atoms with Crippen molar-refractivity contribution in [1.82, 2.24) is 10.2 Å². The molecule has 2 fully saturated rings. The molecular weight excluding hydrogens is 376 g/mol. The van der Waals surface area contributed by atoms with Gasteiger partial charge in [-0.3, -0.25) is 14.9 Å². The molecule has 0 bridgehead atoms. The minimum Gasteiger partial charge on any atom is -0.374 e. The molecule has 1 atom stereocenters. The van der Waals surface area contributed by atoms with Crippen molar-refractivity contribution in [1.29, 1.82) is 0 Å². The Kier molecular flexibility index (Phi) is 10.9. The average molecular weight is 417 g/mol. The molecule has 3 rings (SSSR count). The minimum absolute atomic E-state index is 0.180. The lowest BCUT2D eigenvalue weighted by Gasteiger charge is -2.32. The van der Waals surface area contributed by atoms with Gasteiger partial charge in [-0.25, -0.2) is 0 Å². The molecule has 0 aromatic heterocycles. The maximum absolute atomic E-state index is 11.9. The molecule has 1 aromatic rings. The number of nitrogens with two attached hydrogens (primary N) is 1. The van der Waals surface area contributed by atoms with Crippen LogP contribution in [-0.4, -0.2) is 48.9 Å². The van der Waals surface area contributed by atoms with Gasteiger partial charge in [-0.15, -0.1) is 0 Å². The largest absolute Gasteiger partial charge is 0.374 e. The molecule has 2 saturated heterocycles. The molecule has 2 amide bonds. The van der Waals surface area contributed by atoms with Crippen LogP contribution in [0.15, 0.2) is 24.3 Å². The van der Waals surface area contributed by atoms with Gasteiger partial charge in [-0.2, -0.15) is 0 Å². The average Bonchev–Trinajstić information content (AvgIpc) is 2.78. The Bertz CT molecular complexity index is 639. The predicted octanol–water partition coefficient (Wildman–Crippen LogP) is 3.63. The lowest BCUT2D eigenvalue weighted by Crippen LogP contribution is -2.47. The first-order valence-corrected chi connectivity index (χ1v) is 11.8. The van der Waals surface area contributed by atoms with Crippen molar-refractivity contribution in [3.63, 3.8) is 0 Å². The molecular formula is C24H40N4O2. The van der Waals surface area contributed by atoms with E-state index < -0.39 is 0 Å². The second-order valence-electron chi connectivity index (χ2n) is 8.09. The van der Waals surface area contributed by atoms with E-state index in [1.165, 1.54) is 57.3 Å². The molecule has 0 aliphatic carbocycles. The molecule has 4 N–H and O–H groups in total. The van der Waals surface area contributed by atoms with Gasteiger partial charge in [0.1, 0.15) is 6.04 Å². The van der Waals surface area contributed by atoms with Crippen LogP contribution in [0, 0.1) is 0 Å². The summed E-state index contributed by atoms with van der Waals surface area (Å²) >= 11 is 0. The Hall–Kier alpha value is -1.92. The van der Waals surface area contributed by atoms with E-state index in [1.807, 2.05) is 13.8 Å². The SMILES string of the molecule is CC.NCCCCCCN1CCC(c2ccc(NC3CCC(=O)NC3=O)cc2)CC1. The van der Waals surface area contributed by atoms with E-state index in [1.54, 1.807) is 0 Å². The van der Waals surface area contributed by atoms with Crippen LogP contribution in [0.5, 0.6) is 0 Å². The second-order valence-corrected chi connectivity index (χ2v) is 8.09. The van der Waals surface area contributed by atoms with Crippen LogP contribution in [0.25, 0.3) is 0 Å². The first-order valence-electron chi connectivity index (χ1n) is 11.8. The fourth-order valence-electron chi connectivity index (χ4n) is 4.21. The second kappa shape index (κ2) is 13.4. The third-order valence-electron chi connectivity index (χ3n) is 5.98. The van der Waals surface area contributed by atoms with Gasteiger partial charge in [0.25, 0.3) is 0 Å². The van der Waals surface area contributed by atoms with Crippen LogP contribution >= 0.6 is 0 Å². The van der Waals surface area contributed by atoms with Gasteiger partial charge in [0, 0.05) is 12.1 Å². The van der Waals surface area contributed by atoms with Crippen molar-refractivity contribution in [2.75, 3.05) is 31.5 Å². The van der Waals surface area contributed by atoms with E-state index in [4.69, 9.17) is 5.73 Å². The molecule has 6 heteroatoms. The molecule has 6 nitrogen and oxygen atoms in total. The predicted molar refractivity (Wildman–Crippen MR) is 124 cm³/mol. The fourth-order valence-corrected chi connectivity index (χ4v) is 4.21. The molecule has 168 valence electrons.